The molecule has 0 aliphatic heterocycles. The molecule has 4 N–H and O–H groups in total. The standard InChI is InChI=1S/C5H2BrN3.C5H5N3O2.C5H6N2O.C2H4O2.ClH.HNO2.Na/c6-5-8-2-1-4(3-7)9-5;9-5-6-2-1-4(8-5)3-7-10;1-4-2-3-6-5(8)7-4;1-2(3)4;;2-1-3;/h1-2H;1-3,10H,(H,6,8,9);2-3H,1H3,(H,6,7,8);1H3,(H,3,4);1H;(H,2,3);/q;;;;;;+1/p-1/b;7-3+;;;;;. The van der Waals surface area contributed by atoms with Gasteiger partial charge < -0.3 is 30.4 Å². The van der Waals surface area contributed by atoms with Crippen molar-refractivity contribution in [2.24, 2.45) is 10.5 Å². The quantitative estimate of drug-likeness (QED) is 0.0625. The Balaban J connectivity index is -0.000000185. The van der Waals surface area contributed by atoms with Crippen molar-refractivity contribution in [1.82, 2.24) is 29.9 Å². The van der Waals surface area contributed by atoms with Crippen molar-refractivity contribution in [3.05, 3.63) is 89.7 Å². The summed E-state index contributed by atoms with van der Waals surface area (Å²) in [4.78, 5) is 56.9. The van der Waals surface area contributed by atoms with Crippen LogP contribution in [0, 0.1) is 28.4 Å². The van der Waals surface area contributed by atoms with Gasteiger partial charge in [-0.05, 0) is 41.1 Å². The first-order chi connectivity index (χ1) is 16.1. The van der Waals surface area contributed by atoms with E-state index in [1.807, 2.05) is 13.0 Å². The van der Waals surface area contributed by atoms with Gasteiger partial charge in [-0.3, -0.25) is 4.79 Å². The fourth-order valence-electron chi connectivity index (χ4n) is 1.38. The molecule has 0 atom stereocenters. The van der Waals surface area contributed by atoms with Crippen LogP contribution in [-0.4, -0.2) is 52.4 Å². The van der Waals surface area contributed by atoms with E-state index in [1.54, 1.807) is 12.1 Å². The van der Waals surface area contributed by atoms with Crippen molar-refractivity contribution in [3.63, 3.8) is 0 Å². The monoisotopic (exact) mass is 597 g/mol. The summed E-state index contributed by atoms with van der Waals surface area (Å²) in [6, 6.07) is 6.69. The largest absolute Gasteiger partial charge is 1.00 e. The molecule has 16 nitrogen and oxygen atoms in total. The van der Waals surface area contributed by atoms with Crippen molar-refractivity contribution in [2.75, 3.05) is 0 Å². The number of halogens is 2. The number of nitrogens with zero attached hydrogens (tertiary/aromatic N) is 7. The minimum Gasteiger partial charge on any atom is -0.481 e. The molecule has 3 rings (SSSR count). The number of H-pyrrole nitrogens is 2. The molecule has 0 radical (unpaired) electrons. The van der Waals surface area contributed by atoms with Gasteiger partial charge in [0.2, 0.25) is 0 Å². The van der Waals surface area contributed by atoms with E-state index in [1.165, 1.54) is 24.7 Å². The topological polar surface area (TPSA) is 263 Å². The van der Waals surface area contributed by atoms with E-state index >= 15 is 0 Å². The van der Waals surface area contributed by atoms with E-state index in [-0.39, 0.29) is 47.7 Å². The molecule has 3 aromatic heterocycles. The van der Waals surface area contributed by atoms with E-state index in [2.05, 4.69) is 51.0 Å². The van der Waals surface area contributed by atoms with Gasteiger partial charge in [-0.2, -0.15) is 5.26 Å². The van der Waals surface area contributed by atoms with Gasteiger partial charge >= 0.3 is 40.9 Å². The summed E-state index contributed by atoms with van der Waals surface area (Å²) in [7, 11) is 0. The summed E-state index contributed by atoms with van der Waals surface area (Å²) >= 11 is 3.03. The van der Waals surface area contributed by atoms with Gasteiger partial charge in [0.25, 0.3) is 5.97 Å². The first kappa shape index (κ1) is 39.6. The summed E-state index contributed by atoms with van der Waals surface area (Å²) in [6.45, 7) is 2.89. The molecule has 0 bridgehead atoms. The molecule has 0 spiro atoms. The number of hydrogen-bond donors (Lipinski definition) is 4. The fourth-order valence-corrected chi connectivity index (χ4v) is 1.69. The Morgan fingerprint density at radius 2 is 1.61 bits per heavy atom. The molecule has 188 valence electrons. The molecule has 19 heteroatoms. The third kappa shape index (κ3) is 26.7. The first-order valence-corrected chi connectivity index (χ1v) is 9.16. The van der Waals surface area contributed by atoms with Crippen molar-refractivity contribution >= 4 is 40.5 Å². The van der Waals surface area contributed by atoms with E-state index in [0.29, 0.717) is 16.1 Å². The minimum atomic E-state index is -0.833. The zero-order valence-electron chi connectivity index (χ0n) is 18.9. The van der Waals surface area contributed by atoms with Gasteiger partial charge in [0.1, 0.15) is 11.8 Å². The van der Waals surface area contributed by atoms with E-state index in [4.69, 9.17) is 30.5 Å². The Bertz CT molecular complexity index is 1200. The van der Waals surface area contributed by atoms with E-state index in [9.17, 15) is 9.59 Å². The number of hydrogen-bond acceptors (Lipinski definition) is 13. The third-order valence-electron chi connectivity index (χ3n) is 2.46. The number of aromatic nitrogens is 6. The first-order valence-electron chi connectivity index (χ1n) is 8.37. The molecule has 0 saturated heterocycles. The molecule has 0 saturated carbocycles. The van der Waals surface area contributed by atoms with Crippen LogP contribution in [0.15, 0.2) is 61.6 Å². The van der Waals surface area contributed by atoms with Crippen LogP contribution >= 0.6 is 28.3 Å². The number of carbonyl (C=O) groups is 1. The maximum absolute atomic E-state index is 10.5. The van der Waals surface area contributed by atoms with Crippen LogP contribution in [0.5, 0.6) is 0 Å². The molecule has 0 unspecified atom stereocenters. The summed E-state index contributed by atoms with van der Waals surface area (Å²) in [5, 5.41) is 35.5. The van der Waals surface area contributed by atoms with Gasteiger partial charge in [0, 0.05) is 31.2 Å². The average Bonchev–Trinajstić information content (AvgIpc) is 2.75. The van der Waals surface area contributed by atoms with Crippen LogP contribution < -0.4 is 40.9 Å². The molecule has 0 aliphatic rings. The summed E-state index contributed by atoms with van der Waals surface area (Å²) in [6.07, 6.45) is 5.45. The van der Waals surface area contributed by atoms with Crippen molar-refractivity contribution in [1.29, 1.82) is 5.26 Å². The normalized spacial score (nSPS) is 8.06. The number of carboxylic acid groups (broad SMARTS) is 1. The second-order valence-electron chi connectivity index (χ2n) is 5.05. The third-order valence-corrected chi connectivity index (χ3v) is 2.84. The van der Waals surface area contributed by atoms with Gasteiger partial charge in [-0.15, -0.1) is 17.7 Å². The van der Waals surface area contributed by atoms with Crippen LogP contribution in [0.3, 0.4) is 0 Å². The number of aryl methyl sites for hydroxylation is 1. The smallest absolute Gasteiger partial charge is 0.481 e. The molecule has 36 heavy (non-hydrogen) atoms. The molecular formula is C17H18BrClN9NaO7. The van der Waals surface area contributed by atoms with Gasteiger partial charge in [0.05, 0.1) is 11.9 Å². The number of nitrogens with one attached hydrogen (secondary N) is 2. The molecule has 0 aromatic carbocycles. The Morgan fingerprint density at radius 1 is 1.14 bits per heavy atom. The second kappa shape index (κ2) is 26.1. The summed E-state index contributed by atoms with van der Waals surface area (Å²) in [5.41, 5.74) is 0.881. The summed E-state index contributed by atoms with van der Waals surface area (Å²) in [5.74, 6) is -0.833. The SMILES string of the molecule is CC(=O)O.Cc1ccnc(=O)[nH]1.Cl.N#Cc1ccnc(Br)n1.O=N[O-].O=c1nccc(/C=N/O)[nH]1.[Na+]. The van der Waals surface area contributed by atoms with Crippen molar-refractivity contribution < 1.29 is 44.7 Å². The Labute approximate surface area is 239 Å². The van der Waals surface area contributed by atoms with Crippen LogP contribution in [0.1, 0.15) is 24.0 Å². The predicted molar refractivity (Wildman–Crippen MR) is 128 cm³/mol. The number of aliphatic carboxylic acids is 1. The van der Waals surface area contributed by atoms with E-state index in [0.717, 1.165) is 24.2 Å². The zero-order valence-corrected chi connectivity index (χ0v) is 23.3. The zero-order chi connectivity index (χ0) is 26.4. The van der Waals surface area contributed by atoms with Crippen molar-refractivity contribution in [2.45, 2.75) is 13.8 Å². The second-order valence-corrected chi connectivity index (χ2v) is 5.76. The van der Waals surface area contributed by atoms with Crippen molar-refractivity contribution in [3.8, 4) is 6.07 Å². The Morgan fingerprint density at radius 3 is 1.94 bits per heavy atom. The minimum absolute atomic E-state index is 0. The molecule has 0 aliphatic carbocycles. The Kier molecular flexibility index (Phi) is 28.7. The van der Waals surface area contributed by atoms with Crippen LogP contribution in [0.2, 0.25) is 0 Å². The molecular weight excluding hydrogens is 581 g/mol. The summed E-state index contributed by atoms with van der Waals surface area (Å²) < 4.78 is 0.446. The fraction of sp³-hybridized carbons (Fsp3) is 0.118. The maximum atomic E-state index is 10.5. The predicted octanol–water partition coefficient (Wildman–Crippen LogP) is -1.47. The molecule has 3 heterocycles. The van der Waals surface area contributed by atoms with Gasteiger partial charge in [-0.25, -0.2) is 29.5 Å². The van der Waals surface area contributed by atoms with Gasteiger partial charge in [-0.1, -0.05) is 5.16 Å². The van der Waals surface area contributed by atoms with Crippen LogP contribution in [0.4, 0.5) is 0 Å². The van der Waals surface area contributed by atoms with E-state index < -0.39 is 11.7 Å². The number of rotatable bonds is 1. The number of nitriles is 1. The molecule has 0 fully saturated rings. The van der Waals surface area contributed by atoms with Gasteiger partial charge in [0.15, 0.2) is 4.73 Å². The maximum Gasteiger partial charge on any atom is 1.00 e. The number of oxime groups is 1. The van der Waals surface area contributed by atoms with Crippen LogP contribution in [0.25, 0.3) is 0 Å². The molecule has 3 aromatic rings. The average molecular weight is 599 g/mol. The van der Waals surface area contributed by atoms with Crippen LogP contribution in [-0.2, 0) is 4.79 Å². The Hall–Kier alpha value is -3.56. The number of carboxylic acids is 1. The molecule has 0 amide bonds. The number of aromatic amines is 2.